The summed E-state index contributed by atoms with van der Waals surface area (Å²) in [7, 11) is -2.35. The molecule has 8 nitrogen and oxygen atoms in total. The van der Waals surface area contributed by atoms with Crippen molar-refractivity contribution >= 4 is 27.3 Å². The molecule has 0 unspecified atom stereocenters. The van der Waals surface area contributed by atoms with Gasteiger partial charge < -0.3 is 9.26 Å². The van der Waals surface area contributed by atoms with Crippen molar-refractivity contribution in [3.8, 4) is 10.7 Å². The van der Waals surface area contributed by atoms with E-state index in [4.69, 9.17) is 9.26 Å². The molecule has 3 rings (SSSR count). The monoisotopic (exact) mass is 379 g/mol. The zero-order chi connectivity index (χ0) is 17.9. The zero-order valence-corrected chi connectivity index (χ0v) is 14.6. The molecule has 0 radical (unpaired) electrons. The van der Waals surface area contributed by atoms with E-state index < -0.39 is 16.0 Å². The Bertz CT molecular complexity index is 980. The van der Waals surface area contributed by atoms with Crippen molar-refractivity contribution in [2.45, 2.75) is 11.5 Å². The van der Waals surface area contributed by atoms with Crippen LogP contribution in [0.15, 0.2) is 51.2 Å². The van der Waals surface area contributed by atoms with Crippen LogP contribution in [0.3, 0.4) is 0 Å². The Balaban J connectivity index is 1.68. The molecule has 0 amide bonds. The van der Waals surface area contributed by atoms with Crippen molar-refractivity contribution in [2.75, 3.05) is 7.05 Å². The fraction of sp³-hybridized carbons (Fsp3) is 0.133. The summed E-state index contributed by atoms with van der Waals surface area (Å²) in [4.78, 5) is 17.0. The number of ether oxygens (including phenoxy) is 1. The summed E-state index contributed by atoms with van der Waals surface area (Å²) in [6.07, 6.45) is 0. The average molecular weight is 379 g/mol. The Hall–Kier alpha value is -2.56. The van der Waals surface area contributed by atoms with Crippen molar-refractivity contribution in [3.05, 3.63) is 53.2 Å². The lowest BCUT2D eigenvalue weighted by Crippen LogP contribution is -2.19. The minimum Gasteiger partial charge on any atom is -0.452 e. The van der Waals surface area contributed by atoms with Gasteiger partial charge in [0.15, 0.2) is 6.61 Å². The van der Waals surface area contributed by atoms with E-state index in [-0.39, 0.29) is 23.0 Å². The van der Waals surface area contributed by atoms with Crippen LogP contribution in [0.4, 0.5) is 0 Å². The van der Waals surface area contributed by atoms with Crippen LogP contribution < -0.4 is 4.72 Å². The molecule has 3 aromatic rings. The summed E-state index contributed by atoms with van der Waals surface area (Å²) in [6, 6.07) is 9.25. The van der Waals surface area contributed by atoms with E-state index in [1.807, 2.05) is 17.5 Å². The van der Waals surface area contributed by atoms with E-state index in [1.54, 1.807) is 0 Å². The number of esters is 1. The number of hydrogen-bond donors (Lipinski definition) is 1. The summed E-state index contributed by atoms with van der Waals surface area (Å²) < 4.78 is 35.9. The minimum atomic E-state index is -3.64. The summed E-state index contributed by atoms with van der Waals surface area (Å²) in [5.41, 5.74) is 0.106. The van der Waals surface area contributed by atoms with E-state index in [9.17, 15) is 13.2 Å². The van der Waals surface area contributed by atoms with Gasteiger partial charge in [0.1, 0.15) is 0 Å². The Morgan fingerprint density at radius 3 is 2.88 bits per heavy atom. The zero-order valence-electron chi connectivity index (χ0n) is 13.0. The van der Waals surface area contributed by atoms with Gasteiger partial charge in [-0.25, -0.2) is 17.9 Å². The molecule has 0 spiro atoms. The first-order valence-electron chi connectivity index (χ1n) is 7.07. The Labute approximate surface area is 147 Å². The molecule has 2 aromatic heterocycles. The third-order valence-corrected chi connectivity index (χ3v) is 5.46. The van der Waals surface area contributed by atoms with Crippen molar-refractivity contribution in [1.82, 2.24) is 14.9 Å². The number of aromatic nitrogens is 2. The molecule has 1 aromatic carbocycles. The van der Waals surface area contributed by atoms with Crippen LogP contribution in [0.25, 0.3) is 10.7 Å². The summed E-state index contributed by atoms with van der Waals surface area (Å²) in [6.45, 7) is -0.208. The van der Waals surface area contributed by atoms with Crippen LogP contribution >= 0.6 is 11.3 Å². The van der Waals surface area contributed by atoms with Crippen LogP contribution in [0.5, 0.6) is 0 Å². The third kappa shape index (κ3) is 3.92. The molecule has 0 saturated heterocycles. The molecule has 0 saturated carbocycles. The molecular formula is C15H13N3O5S2. The van der Waals surface area contributed by atoms with Gasteiger partial charge >= 0.3 is 5.97 Å². The maximum Gasteiger partial charge on any atom is 0.338 e. The highest BCUT2D eigenvalue weighted by Crippen LogP contribution is 2.21. The first kappa shape index (κ1) is 17.3. The van der Waals surface area contributed by atoms with E-state index in [0.717, 1.165) is 4.88 Å². The molecule has 0 atom stereocenters. The number of benzene rings is 1. The highest BCUT2D eigenvalue weighted by Gasteiger charge is 2.16. The quantitative estimate of drug-likeness (QED) is 0.653. The fourth-order valence-electron chi connectivity index (χ4n) is 1.94. The molecule has 0 bridgehead atoms. The van der Waals surface area contributed by atoms with Crippen molar-refractivity contribution in [3.63, 3.8) is 0 Å². The van der Waals surface area contributed by atoms with Gasteiger partial charge in [-0.2, -0.15) is 4.98 Å². The standard InChI is InChI=1S/C15H13N3O5S2/c1-16-25(20,21)11-5-2-4-10(8-11)15(19)22-9-13-17-14(18-23-13)12-6-3-7-24-12/h2-8,16H,9H2,1H3. The Morgan fingerprint density at radius 2 is 2.16 bits per heavy atom. The molecule has 2 heterocycles. The molecule has 25 heavy (non-hydrogen) atoms. The van der Waals surface area contributed by atoms with Gasteiger partial charge in [-0.15, -0.1) is 11.3 Å². The molecular weight excluding hydrogens is 366 g/mol. The Kier molecular flexibility index (Phi) is 4.93. The van der Waals surface area contributed by atoms with E-state index in [1.165, 1.54) is 42.6 Å². The van der Waals surface area contributed by atoms with Gasteiger partial charge in [-0.05, 0) is 36.7 Å². The van der Waals surface area contributed by atoms with Crippen LogP contribution in [-0.2, 0) is 21.4 Å². The van der Waals surface area contributed by atoms with Crippen LogP contribution in [0.2, 0.25) is 0 Å². The van der Waals surface area contributed by atoms with Gasteiger partial charge in [0.25, 0.3) is 5.89 Å². The van der Waals surface area contributed by atoms with Crippen LogP contribution in [0.1, 0.15) is 16.2 Å². The van der Waals surface area contributed by atoms with E-state index in [0.29, 0.717) is 5.82 Å². The normalized spacial score (nSPS) is 11.4. The van der Waals surface area contributed by atoms with E-state index >= 15 is 0 Å². The van der Waals surface area contributed by atoms with Crippen molar-refractivity contribution in [2.24, 2.45) is 0 Å². The molecule has 0 fully saturated rings. The topological polar surface area (TPSA) is 111 Å². The second-order valence-corrected chi connectivity index (χ2v) is 7.63. The number of carbonyl (C=O) groups excluding carboxylic acids is 1. The predicted octanol–water partition coefficient (Wildman–Crippen LogP) is 2.06. The van der Waals surface area contributed by atoms with Gasteiger partial charge in [0.2, 0.25) is 15.8 Å². The molecule has 0 aliphatic carbocycles. The summed E-state index contributed by atoms with van der Waals surface area (Å²) in [5.74, 6) is -0.122. The SMILES string of the molecule is CNS(=O)(=O)c1cccc(C(=O)OCc2nc(-c3cccs3)no2)c1. The van der Waals surface area contributed by atoms with Crippen LogP contribution in [0, 0.1) is 0 Å². The number of thiophene rings is 1. The molecule has 130 valence electrons. The lowest BCUT2D eigenvalue weighted by molar-refractivity contribution is 0.0429. The van der Waals surface area contributed by atoms with Gasteiger partial charge in [0, 0.05) is 0 Å². The summed E-state index contributed by atoms with van der Waals surface area (Å²) >= 11 is 1.46. The molecule has 10 heteroatoms. The number of hydrogen-bond acceptors (Lipinski definition) is 8. The largest absolute Gasteiger partial charge is 0.452 e. The minimum absolute atomic E-state index is 0.0257. The lowest BCUT2D eigenvalue weighted by atomic mass is 10.2. The first-order valence-corrected chi connectivity index (χ1v) is 9.43. The first-order chi connectivity index (χ1) is 12.0. The number of sulfonamides is 1. The number of nitrogens with zero attached hydrogens (tertiary/aromatic N) is 2. The van der Waals surface area contributed by atoms with E-state index in [2.05, 4.69) is 14.9 Å². The fourth-order valence-corrected chi connectivity index (χ4v) is 3.36. The highest BCUT2D eigenvalue weighted by molar-refractivity contribution is 7.89. The predicted molar refractivity (Wildman–Crippen MR) is 89.4 cm³/mol. The lowest BCUT2D eigenvalue weighted by Gasteiger charge is -2.05. The van der Waals surface area contributed by atoms with Gasteiger partial charge in [-0.1, -0.05) is 17.3 Å². The maximum atomic E-state index is 12.1. The number of nitrogens with one attached hydrogen (secondary N) is 1. The third-order valence-electron chi connectivity index (χ3n) is 3.19. The van der Waals surface area contributed by atoms with Crippen molar-refractivity contribution < 1.29 is 22.5 Å². The maximum absolute atomic E-state index is 12.1. The second-order valence-electron chi connectivity index (χ2n) is 4.80. The van der Waals surface area contributed by atoms with Crippen LogP contribution in [-0.4, -0.2) is 31.6 Å². The number of carbonyl (C=O) groups is 1. The molecule has 0 aliphatic rings. The average Bonchev–Trinajstić information content (AvgIpc) is 3.31. The highest BCUT2D eigenvalue weighted by atomic mass is 32.2. The summed E-state index contributed by atoms with van der Waals surface area (Å²) in [5, 5.41) is 5.70. The molecule has 1 N–H and O–H groups in total. The second kappa shape index (κ2) is 7.13. The smallest absolute Gasteiger partial charge is 0.338 e. The van der Waals surface area contributed by atoms with Gasteiger partial charge in [0.05, 0.1) is 15.3 Å². The Morgan fingerprint density at radius 1 is 1.32 bits per heavy atom. The molecule has 0 aliphatic heterocycles. The van der Waals surface area contributed by atoms with Gasteiger partial charge in [-0.3, -0.25) is 0 Å². The van der Waals surface area contributed by atoms with Crippen molar-refractivity contribution in [1.29, 1.82) is 0 Å². The number of rotatable bonds is 6.